The lowest BCUT2D eigenvalue weighted by molar-refractivity contribution is 0.411. The van der Waals surface area contributed by atoms with Crippen LogP contribution in [0.1, 0.15) is 42.9 Å². The van der Waals surface area contributed by atoms with Crippen molar-refractivity contribution in [3.05, 3.63) is 64.6 Å². The third kappa shape index (κ3) is 3.75. The average Bonchev–Trinajstić information content (AvgIpc) is 3.25. The normalized spacial score (nSPS) is 19.4. The molecule has 136 valence electrons. The first-order chi connectivity index (χ1) is 13.2. The van der Waals surface area contributed by atoms with Gasteiger partial charge in [0.15, 0.2) is 0 Å². The zero-order chi connectivity index (χ0) is 18.6. The number of aromatic amines is 2. The van der Waals surface area contributed by atoms with Gasteiger partial charge in [0, 0.05) is 35.8 Å². The molecule has 7 heteroatoms. The van der Waals surface area contributed by atoms with E-state index < -0.39 is 0 Å². The van der Waals surface area contributed by atoms with Gasteiger partial charge in [-0.1, -0.05) is 6.07 Å². The van der Waals surface area contributed by atoms with Crippen molar-refractivity contribution in [2.45, 2.75) is 37.6 Å². The van der Waals surface area contributed by atoms with E-state index in [2.05, 4.69) is 31.6 Å². The van der Waals surface area contributed by atoms with E-state index in [9.17, 15) is 4.79 Å². The summed E-state index contributed by atoms with van der Waals surface area (Å²) in [7, 11) is 0. The van der Waals surface area contributed by atoms with E-state index in [1.807, 2.05) is 18.3 Å². The molecule has 3 aromatic rings. The Kier molecular flexibility index (Phi) is 4.71. The zero-order valence-electron chi connectivity index (χ0n) is 14.8. The summed E-state index contributed by atoms with van der Waals surface area (Å²) in [4.78, 5) is 19.2. The molecule has 0 spiro atoms. The molecule has 3 heterocycles. The fourth-order valence-corrected chi connectivity index (χ4v) is 3.67. The molecule has 0 radical (unpaired) electrons. The molecule has 27 heavy (non-hydrogen) atoms. The molecular formula is C20H20N6O. The van der Waals surface area contributed by atoms with Crippen LogP contribution in [-0.2, 0) is 0 Å². The number of pyridine rings is 2. The zero-order valence-corrected chi connectivity index (χ0v) is 14.8. The molecule has 4 rings (SSSR count). The Balaban J connectivity index is 1.41. The second-order valence-electron chi connectivity index (χ2n) is 6.90. The lowest BCUT2D eigenvalue weighted by Gasteiger charge is -2.29. The smallest absolute Gasteiger partial charge is 0.271 e. The van der Waals surface area contributed by atoms with Crippen molar-refractivity contribution in [1.82, 2.24) is 20.2 Å². The van der Waals surface area contributed by atoms with Crippen molar-refractivity contribution >= 4 is 5.69 Å². The third-order valence-electron chi connectivity index (χ3n) is 5.19. The van der Waals surface area contributed by atoms with E-state index in [1.165, 1.54) is 5.56 Å². The van der Waals surface area contributed by atoms with E-state index in [4.69, 9.17) is 5.26 Å². The fourth-order valence-electron chi connectivity index (χ4n) is 3.67. The molecule has 0 unspecified atom stereocenters. The summed E-state index contributed by atoms with van der Waals surface area (Å²) in [5, 5.41) is 19.0. The number of nitrogens with zero attached hydrogens (tertiary/aromatic N) is 3. The Morgan fingerprint density at radius 3 is 2.63 bits per heavy atom. The van der Waals surface area contributed by atoms with Gasteiger partial charge >= 0.3 is 0 Å². The van der Waals surface area contributed by atoms with Crippen molar-refractivity contribution in [3.63, 3.8) is 0 Å². The Morgan fingerprint density at radius 2 is 1.96 bits per heavy atom. The molecule has 7 nitrogen and oxygen atoms in total. The van der Waals surface area contributed by atoms with Crippen LogP contribution < -0.4 is 10.9 Å². The number of H-pyrrole nitrogens is 2. The van der Waals surface area contributed by atoms with E-state index in [1.54, 1.807) is 24.7 Å². The number of anilines is 1. The third-order valence-corrected chi connectivity index (χ3v) is 5.19. The van der Waals surface area contributed by atoms with E-state index in [0.717, 1.165) is 36.8 Å². The lowest BCUT2D eigenvalue weighted by Crippen LogP contribution is -2.28. The maximum Gasteiger partial charge on any atom is 0.271 e. The Hall–Kier alpha value is -3.40. The quantitative estimate of drug-likeness (QED) is 0.662. The molecule has 1 aliphatic carbocycles. The van der Waals surface area contributed by atoms with Crippen molar-refractivity contribution in [1.29, 1.82) is 5.26 Å². The highest BCUT2D eigenvalue weighted by atomic mass is 16.1. The highest BCUT2D eigenvalue weighted by molar-refractivity contribution is 5.65. The standard InChI is InChI=1S/C20H20N6O/c21-8-18-6-3-14(9-22-18)13-1-4-17(5-2-13)26-19-7-15(10-23-20(19)27)16-11-24-25-12-16/h3,6-7,9-13,17,26H,1-2,4-5H2,(H,23,27)(H,24,25). The molecule has 0 amide bonds. The lowest BCUT2D eigenvalue weighted by atomic mass is 9.82. The van der Waals surface area contributed by atoms with Crippen LogP contribution in [0.3, 0.4) is 0 Å². The van der Waals surface area contributed by atoms with Gasteiger partial charge in [0.1, 0.15) is 17.5 Å². The maximum atomic E-state index is 12.2. The molecular weight excluding hydrogens is 340 g/mol. The molecule has 0 bridgehead atoms. The summed E-state index contributed by atoms with van der Waals surface area (Å²) >= 11 is 0. The number of hydrogen-bond donors (Lipinski definition) is 3. The van der Waals surface area contributed by atoms with Crippen LogP contribution >= 0.6 is 0 Å². The number of rotatable bonds is 4. The van der Waals surface area contributed by atoms with Crippen LogP contribution in [0.15, 0.2) is 47.8 Å². The van der Waals surface area contributed by atoms with Crippen LogP contribution in [-0.4, -0.2) is 26.2 Å². The number of hydrogen-bond acceptors (Lipinski definition) is 5. The van der Waals surface area contributed by atoms with E-state index >= 15 is 0 Å². The predicted molar refractivity (Wildman–Crippen MR) is 102 cm³/mol. The average molecular weight is 360 g/mol. The van der Waals surface area contributed by atoms with Crippen molar-refractivity contribution in [2.75, 3.05) is 5.32 Å². The van der Waals surface area contributed by atoms with Gasteiger partial charge < -0.3 is 10.3 Å². The monoisotopic (exact) mass is 360 g/mol. The summed E-state index contributed by atoms with van der Waals surface area (Å²) in [6, 6.07) is 7.98. The Labute approximate surface area is 156 Å². The first-order valence-electron chi connectivity index (χ1n) is 9.07. The van der Waals surface area contributed by atoms with Crippen LogP contribution in [0.5, 0.6) is 0 Å². The molecule has 0 aliphatic heterocycles. The molecule has 1 fully saturated rings. The van der Waals surface area contributed by atoms with Crippen LogP contribution in [0, 0.1) is 11.3 Å². The molecule has 1 aliphatic rings. The summed E-state index contributed by atoms with van der Waals surface area (Å²) in [5.74, 6) is 0.457. The maximum absolute atomic E-state index is 12.2. The topological polar surface area (TPSA) is 110 Å². The largest absolute Gasteiger partial charge is 0.378 e. The van der Waals surface area contributed by atoms with Crippen LogP contribution in [0.4, 0.5) is 5.69 Å². The van der Waals surface area contributed by atoms with Gasteiger partial charge in [0.05, 0.1) is 6.20 Å². The molecule has 1 saturated carbocycles. The number of aromatic nitrogens is 4. The van der Waals surface area contributed by atoms with Gasteiger partial charge in [-0.05, 0) is 49.3 Å². The van der Waals surface area contributed by atoms with E-state index in [-0.39, 0.29) is 11.6 Å². The first-order valence-corrected chi connectivity index (χ1v) is 9.07. The van der Waals surface area contributed by atoms with Crippen LogP contribution in [0.25, 0.3) is 11.1 Å². The molecule has 3 N–H and O–H groups in total. The SMILES string of the molecule is N#Cc1ccc(C2CCC(Nc3cc(-c4cn[nH]c4)c[nH]c3=O)CC2)cn1. The highest BCUT2D eigenvalue weighted by Gasteiger charge is 2.23. The fraction of sp³-hybridized carbons (Fsp3) is 0.300. The minimum Gasteiger partial charge on any atom is -0.378 e. The first kappa shape index (κ1) is 17.0. The second-order valence-corrected chi connectivity index (χ2v) is 6.90. The van der Waals surface area contributed by atoms with Gasteiger partial charge in [-0.3, -0.25) is 9.89 Å². The van der Waals surface area contributed by atoms with Gasteiger partial charge in [-0.2, -0.15) is 10.4 Å². The molecule has 0 saturated heterocycles. The van der Waals surface area contributed by atoms with E-state index in [0.29, 0.717) is 17.3 Å². The summed E-state index contributed by atoms with van der Waals surface area (Å²) in [5.41, 5.74) is 3.98. The van der Waals surface area contributed by atoms with Gasteiger partial charge in [0.25, 0.3) is 5.56 Å². The summed E-state index contributed by atoms with van der Waals surface area (Å²) in [6.07, 6.45) is 11.1. The molecule has 0 aromatic carbocycles. The second kappa shape index (κ2) is 7.46. The van der Waals surface area contributed by atoms with Gasteiger partial charge in [-0.15, -0.1) is 0 Å². The minimum absolute atomic E-state index is 0.110. The van der Waals surface area contributed by atoms with Crippen molar-refractivity contribution in [2.24, 2.45) is 0 Å². The predicted octanol–water partition coefficient (Wildman–Crippen LogP) is 3.17. The van der Waals surface area contributed by atoms with Crippen molar-refractivity contribution in [3.8, 4) is 17.2 Å². The van der Waals surface area contributed by atoms with Gasteiger partial charge in [-0.25, -0.2) is 4.98 Å². The summed E-state index contributed by atoms with van der Waals surface area (Å²) < 4.78 is 0. The Bertz CT molecular complexity index is 992. The summed E-state index contributed by atoms with van der Waals surface area (Å²) in [6.45, 7) is 0. The Morgan fingerprint density at radius 1 is 1.11 bits per heavy atom. The number of nitrogens with one attached hydrogen (secondary N) is 3. The van der Waals surface area contributed by atoms with Crippen molar-refractivity contribution < 1.29 is 0 Å². The molecule has 3 aromatic heterocycles. The van der Waals surface area contributed by atoms with Crippen LogP contribution in [0.2, 0.25) is 0 Å². The van der Waals surface area contributed by atoms with Gasteiger partial charge in [0.2, 0.25) is 0 Å². The highest BCUT2D eigenvalue weighted by Crippen LogP contribution is 2.33. The number of nitriles is 1. The molecule has 0 atom stereocenters. The minimum atomic E-state index is -0.110.